The zero-order chi connectivity index (χ0) is 15.4. The Morgan fingerprint density at radius 1 is 1.43 bits per heavy atom. The molecular formula is C15H20N2O3S. The van der Waals surface area contributed by atoms with Gasteiger partial charge in [-0.1, -0.05) is 31.2 Å². The van der Waals surface area contributed by atoms with Crippen LogP contribution in [0.2, 0.25) is 0 Å². The van der Waals surface area contributed by atoms with Crippen LogP contribution in [0.25, 0.3) is 0 Å². The lowest BCUT2D eigenvalue weighted by Gasteiger charge is -2.34. The highest BCUT2D eigenvalue weighted by atomic mass is 32.2. The predicted octanol–water partition coefficient (Wildman–Crippen LogP) is 1.96. The topological polar surface area (TPSA) is 69.6 Å². The van der Waals surface area contributed by atoms with Gasteiger partial charge in [-0.25, -0.2) is 9.59 Å². The van der Waals surface area contributed by atoms with E-state index in [1.165, 1.54) is 4.90 Å². The first-order valence-electron chi connectivity index (χ1n) is 6.89. The number of hydrogen-bond donors (Lipinski definition) is 2. The van der Waals surface area contributed by atoms with E-state index >= 15 is 0 Å². The molecule has 0 saturated carbocycles. The first-order chi connectivity index (χ1) is 10.0. The molecule has 5 nitrogen and oxygen atoms in total. The van der Waals surface area contributed by atoms with Gasteiger partial charge in [0.15, 0.2) is 0 Å². The van der Waals surface area contributed by atoms with Crippen LogP contribution in [-0.4, -0.2) is 46.1 Å². The smallest absolute Gasteiger partial charge is 0.326 e. The Hall–Kier alpha value is -1.69. The number of carboxylic acid groups (broad SMARTS) is 1. The van der Waals surface area contributed by atoms with E-state index in [0.717, 1.165) is 11.1 Å². The maximum Gasteiger partial charge on any atom is 0.326 e. The predicted molar refractivity (Wildman–Crippen MR) is 83.5 cm³/mol. The molecule has 0 radical (unpaired) electrons. The number of thioether (sulfide) groups is 1. The van der Waals surface area contributed by atoms with Crippen molar-refractivity contribution in [2.24, 2.45) is 0 Å². The molecule has 21 heavy (non-hydrogen) atoms. The molecule has 1 heterocycles. The highest BCUT2D eigenvalue weighted by molar-refractivity contribution is 7.99. The number of rotatable bonds is 4. The molecule has 2 unspecified atom stereocenters. The molecule has 1 aliphatic rings. The van der Waals surface area contributed by atoms with Gasteiger partial charge < -0.3 is 15.3 Å². The molecule has 0 saturated heterocycles. The van der Waals surface area contributed by atoms with Crippen LogP contribution in [0, 0.1) is 0 Å². The molecule has 0 aliphatic carbocycles. The Morgan fingerprint density at radius 2 is 2.10 bits per heavy atom. The molecular weight excluding hydrogens is 288 g/mol. The number of aliphatic carboxylic acids is 1. The number of carboxylic acids is 1. The standard InChI is InChI=1S/C15H20N2O3S/c1-10(21-2)8-16-15(20)17-9-12-6-4-3-5-11(12)7-13(17)14(18)19/h3-6,10,13H,7-9H2,1-2H3,(H,16,20)(H,18,19). The van der Waals surface area contributed by atoms with E-state index in [1.54, 1.807) is 11.8 Å². The molecule has 0 fully saturated rings. The first kappa shape index (κ1) is 15.7. The van der Waals surface area contributed by atoms with Gasteiger partial charge in [0.05, 0.1) is 0 Å². The summed E-state index contributed by atoms with van der Waals surface area (Å²) in [6.45, 7) is 2.89. The van der Waals surface area contributed by atoms with Gasteiger partial charge in [0.1, 0.15) is 6.04 Å². The van der Waals surface area contributed by atoms with Crippen molar-refractivity contribution in [3.8, 4) is 0 Å². The number of nitrogens with one attached hydrogen (secondary N) is 1. The Bertz CT molecular complexity index is 535. The first-order valence-corrected chi connectivity index (χ1v) is 8.18. The zero-order valence-electron chi connectivity index (χ0n) is 12.2. The highest BCUT2D eigenvalue weighted by Crippen LogP contribution is 2.23. The SMILES string of the molecule is CSC(C)CNC(=O)N1Cc2ccccc2CC1C(=O)O. The number of carbonyl (C=O) groups is 2. The fourth-order valence-corrected chi connectivity index (χ4v) is 2.62. The Labute approximate surface area is 128 Å². The van der Waals surface area contributed by atoms with Crippen molar-refractivity contribution in [1.82, 2.24) is 10.2 Å². The van der Waals surface area contributed by atoms with Crippen LogP contribution < -0.4 is 5.32 Å². The van der Waals surface area contributed by atoms with Crippen LogP contribution in [0.15, 0.2) is 24.3 Å². The van der Waals surface area contributed by atoms with E-state index in [-0.39, 0.29) is 6.03 Å². The van der Waals surface area contributed by atoms with Gasteiger partial charge in [0, 0.05) is 24.8 Å². The van der Waals surface area contributed by atoms with Gasteiger partial charge in [-0.2, -0.15) is 11.8 Å². The van der Waals surface area contributed by atoms with E-state index < -0.39 is 12.0 Å². The monoisotopic (exact) mass is 308 g/mol. The van der Waals surface area contributed by atoms with Crippen LogP contribution >= 0.6 is 11.8 Å². The van der Waals surface area contributed by atoms with Crippen LogP contribution in [0.4, 0.5) is 4.79 Å². The molecule has 0 aromatic heterocycles. The van der Waals surface area contributed by atoms with Crippen molar-refractivity contribution in [3.05, 3.63) is 35.4 Å². The van der Waals surface area contributed by atoms with Crippen molar-refractivity contribution in [2.45, 2.75) is 31.2 Å². The summed E-state index contributed by atoms with van der Waals surface area (Å²) in [7, 11) is 0. The average molecular weight is 308 g/mol. The summed E-state index contributed by atoms with van der Waals surface area (Å²) in [6.07, 6.45) is 2.34. The summed E-state index contributed by atoms with van der Waals surface area (Å²) in [6, 6.07) is 6.57. The van der Waals surface area contributed by atoms with Gasteiger partial charge in [-0.15, -0.1) is 0 Å². The van der Waals surface area contributed by atoms with Crippen molar-refractivity contribution >= 4 is 23.8 Å². The third-order valence-corrected chi connectivity index (χ3v) is 4.71. The molecule has 1 aromatic carbocycles. The van der Waals surface area contributed by atoms with E-state index in [2.05, 4.69) is 5.32 Å². The fraction of sp³-hybridized carbons (Fsp3) is 0.467. The second-order valence-electron chi connectivity index (χ2n) is 5.19. The normalized spacial score (nSPS) is 18.8. The Morgan fingerprint density at radius 3 is 2.71 bits per heavy atom. The third kappa shape index (κ3) is 3.69. The Kier molecular flexibility index (Phi) is 5.12. The summed E-state index contributed by atoms with van der Waals surface area (Å²) < 4.78 is 0. The van der Waals surface area contributed by atoms with Crippen molar-refractivity contribution in [2.75, 3.05) is 12.8 Å². The number of fused-ring (bicyclic) bond motifs is 1. The minimum Gasteiger partial charge on any atom is -0.480 e. The number of carbonyl (C=O) groups excluding carboxylic acids is 1. The second-order valence-corrected chi connectivity index (χ2v) is 6.46. The third-order valence-electron chi connectivity index (χ3n) is 3.74. The van der Waals surface area contributed by atoms with Gasteiger partial charge in [-0.3, -0.25) is 0 Å². The molecule has 1 aliphatic heterocycles. The van der Waals surface area contributed by atoms with E-state index in [9.17, 15) is 14.7 Å². The summed E-state index contributed by atoms with van der Waals surface area (Å²) in [5, 5.41) is 12.5. The number of hydrogen-bond acceptors (Lipinski definition) is 3. The van der Waals surface area contributed by atoms with E-state index in [0.29, 0.717) is 24.8 Å². The quantitative estimate of drug-likeness (QED) is 0.892. The Balaban J connectivity index is 2.13. The van der Waals surface area contributed by atoms with Crippen LogP contribution in [-0.2, 0) is 17.8 Å². The van der Waals surface area contributed by atoms with Crippen molar-refractivity contribution < 1.29 is 14.7 Å². The van der Waals surface area contributed by atoms with Crippen LogP contribution in [0.3, 0.4) is 0 Å². The van der Waals surface area contributed by atoms with Crippen LogP contribution in [0.5, 0.6) is 0 Å². The lowest BCUT2D eigenvalue weighted by Crippen LogP contribution is -2.52. The summed E-state index contributed by atoms with van der Waals surface area (Å²) in [5.41, 5.74) is 2.02. The number of amides is 2. The van der Waals surface area contributed by atoms with Crippen LogP contribution in [0.1, 0.15) is 18.1 Å². The van der Waals surface area contributed by atoms with Gasteiger partial charge >= 0.3 is 12.0 Å². The maximum absolute atomic E-state index is 12.3. The molecule has 114 valence electrons. The minimum absolute atomic E-state index is 0.300. The molecule has 1 aromatic rings. The largest absolute Gasteiger partial charge is 0.480 e. The molecule has 0 spiro atoms. The summed E-state index contributed by atoms with van der Waals surface area (Å²) in [4.78, 5) is 25.1. The molecule has 6 heteroatoms. The summed E-state index contributed by atoms with van der Waals surface area (Å²) >= 11 is 1.66. The molecule has 2 rings (SSSR count). The van der Waals surface area contributed by atoms with E-state index in [4.69, 9.17) is 0 Å². The zero-order valence-corrected chi connectivity index (χ0v) is 13.0. The van der Waals surface area contributed by atoms with Gasteiger partial charge in [-0.05, 0) is 17.4 Å². The molecule has 2 amide bonds. The molecule has 2 atom stereocenters. The average Bonchev–Trinajstić information content (AvgIpc) is 2.50. The van der Waals surface area contributed by atoms with Crippen molar-refractivity contribution in [3.63, 3.8) is 0 Å². The number of nitrogens with zero attached hydrogens (tertiary/aromatic N) is 1. The lowest BCUT2D eigenvalue weighted by molar-refractivity contribution is -0.142. The van der Waals surface area contributed by atoms with Gasteiger partial charge in [0.2, 0.25) is 0 Å². The maximum atomic E-state index is 12.3. The minimum atomic E-state index is -0.961. The fourth-order valence-electron chi connectivity index (χ4n) is 2.37. The second kappa shape index (κ2) is 6.85. The number of benzene rings is 1. The van der Waals surface area contributed by atoms with Crippen molar-refractivity contribution in [1.29, 1.82) is 0 Å². The van der Waals surface area contributed by atoms with Gasteiger partial charge in [0.25, 0.3) is 0 Å². The molecule has 0 bridgehead atoms. The van der Waals surface area contributed by atoms with E-state index in [1.807, 2.05) is 37.4 Å². The summed E-state index contributed by atoms with van der Waals surface area (Å²) in [5.74, 6) is -0.961. The molecule has 2 N–H and O–H groups in total. The number of urea groups is 1. The highest BCUT2D eigenvalue weighted by Gasteiger charge is 2.34. The lowest BCUT2D eigenvalue weighted by atomic mass is 9.94.